The largest absolute Gasteiger partial charge is 0.482 e. The smallest absolute Gasteiger partial charge is 0.265 e. The molecule has 2 rings (SSSR count). The molecule has 19 heavy (non-hydrogen) atoms. The lowest BCUT2D eigenvalue weighted by atomic mass is 10.2. The molecule has 1 aromatic rings. The van der Waals surface area contributed by atoms with Crippen LogP contribution in [0.1, 0.15) is 13.3 Å². The number of para-hydroxylation sites is 2. The van der Waals surface area contributed by atoms with Gasteiger partial charge in [-0.3, -0.25) is 4.79 Å². The molecule has 1 aliphatic rings. The standard InChI is InChI=1S/C15H20N2O2/c1-3-8-16-9-12(2)10-17-13-6-4-5-7-14(13)19-11-15(17)18/h4-7,16H,2-3,8-11H2,1H3. The number of amides is 1. The molecule has 0 spiro atoms. The lowest BCUT2D eigenvalue weighted by Crippen LogP contribution is -2.40. The summed E-state index contributed by atoms with van der Waals surface area (Å²) < 4.78 is 5.41. The Morgan fingerprint density at radius 3 is 3.05 bits per heavy atom. The van der Waals surface area contributed by atoms with E-state index in [1.54, 1.807) is 4.90 Å². The maximum absolute atomic E-state index is 12.0. The fourth-order valence-corrected chi connectivity index (χ4v) is 2.05. The van der Waals surface area contributed by atoms with E-state index in [0.717, 1.165) is 36.5 Å². The number of hydrogen-bond donors (Lipinski definition) is 1. The van der Waals surface area contributed by atoms with Crippen molar-refractivity contribution in [2.75, 3.05) is 31.1 Å². The number of carbonyl (C=O) groups excluding carboxylic acids is 1. The topological polar surface area (TPSA) is 41.6 Å². The van der Waals surface area contributed by atoms with Crippen molar-refractivity contribution in [1.82, 2.24) is 5.32 Å². The molecule has 0 bridgehead atoms. The molecule has 0 aromatic heterocycles. The molecule has 0 aliphatic carbocycles. The van der Waals surface area contributed by atoms with Crippen molar-refractivity contribution < 1.29 is 9.53 Å². The highest BCUT2D eigenvalue weighted by Gasteiger charge is 2.25. The first kappa shape index (κ1) is 13.6. The minimum atomic E-state index is -0.0182. The van der Waals surface area contributed by atoms with Gasteiger partial charge in [-0.25, -0.2) is 0 Å². The Hall–Kier alpha value is -1.81. The van der Waals surface area contributed by atoms with Gasteiger partial charge in [0.1, 0.15) is 5.75 Å². The fraction of sp³-hybridized carbons (Fsp3) is 0.400. The van der Waals surface area contributed by atoms with Crippen LogP contribution in [0.4, 0.5) is 5.69 Å². The average molecular weight is 260 g/mol. The van der Waals surface area contributed by atoms with Gasteiger partial charge < -0.3 is 15.0 Å². The van der Waals surface area contributed by atoms with E-state index in [2.05, 4.69) is 18.8 Å². The van der Waals surface area contributed by atoms with Crippen molar-refractivity contribution in [1.29, 1.82) is 0 Å². The van der Waals surface area contributed by atoms with E-state index in [4.69, 9.17) is 4.74 Å². The highest BCUT2D eigenvalue weighted by Crippen LogP contribution is 2.31. The van der Waals surface area contributed by atoms with Gasteiger partial charge in [0.05, 0.1) is 5.69 Å². The molecule has 1 aromatic carbocycles. The molecule has 0 fully saturated rings. The first-order chi connectivity index (χ1) is 9.22. The second-order valence-corrected chi connectivity index (χ2v) is 4.66. The molecular weight excluding hydrogens is 240 g/mol. The van der Waals surface area contributed by atoms with Crippen LogP contribution in [0.3, 0.4) is 0 Å². The third-order valence-electron chi connectivity index (χ3n) is 2.99. The number of nitrogens with zero attached hydrogens (tertiary/aromatic N) is 1. The molecule has 0 radical (unpaired) electrons. The van der Waals surface area contributed by atoms with Crippen molar-refractivity contribution >= 4 is 11.6 Å². The van der Waals surface area contributed by atoms with Gasteiger partial charge in [0.25, 0.3) is 5.91 Å². The van der Waals surface area contributed by atoms with Crippen LogP contribution >= 0.6 is 0 Å². The summed E-state index contributed by atoms with van der Waals surface area (Å²) in [6.07, 6.45) is 1.09. The monoisotopic (exact) mass is 260 g/mol. The van der Waals surface area contributed by atoms with E-state index in [-0.39, 0.29) is 12.5 Å². The van der Waals surface area contributed by atoms with Crippen molar-refractivity contribution in [3.8, 4) is 5.75 Å². The summed E-state index contributed by atoms with van der Waals surface area (Å²) in [4.78, 5) is 13.7. The maximum Gasteiger partial charge on any atom is 0.265 e. The first-order valence-electron chi connectivity index (χ1n) is 6.62. The summed E-state index contributed by atoms with van der Waals surface area (Å²) in [5, 5.41) is 3.29. The number of ether oxygens (including phenoxy) is 1. The summed E-state index contributed by atoms with van der Waals surface area (Å²) in [7, 11) is 0. The third-order valence-corrected chi connectivity index (χ3v) is 2.99. The summed E-state index contributed by atoms with van der Waals surface area (Å²) in [6.45, 7) is 8.50. The van der Waals surface area contributed by atoms with E-state index in [0.29, 0.717) is 6.54 Å². The van der Waals surface area contributed by atoms with Crippen LogP contribution in [-0.2, 0) is 4.79 Å². The van der Waals surface area contributed by atoms with Crippen molar-refractivity contribution in [3.05, 3.63) is 36.4 Å². The number of hydrogen-bond acceptors (Lipinski definition) is 3. The van der Waals surface area contributed by atoms with E-state index in [1.807, 2.05) is 24.3 Å². The fourth-order valence-electron chi connectivity index (χ4n) is 2.05. The van der Waals surface area contributed by atoms with Crippen LogP contribution in [0.5, 0.6) is 5.75 Å². The molecular formula is C15H20N2O2. The Bertz CT molecular complexity index is 471. The molecule has 0 saturated carbocycles. The van der Waals surface area contributed by atoms with Crippen LogP contribution in [0, 0.1) is 0 Å². The normalized spacial score (nSPS) is 13.9. The van der Waals surface area contributed by atoms with Gasteiger partial charge in [0.2, 0.25) is 0 Å². The summed E-state index contributed by atoms with van der Waals surface area (Å²) >= 11 is 0. The van der Waals surface area contributed by atoms with Crippen molar-refractivity contribution in [2.24, 2.45) is 0 Å². The van der Waals surface area contributed by atoms with E-state index < -0.39 is 0 Å². The predicted molar refractivity (Wildman–Crippen MR) is 76.6 cm³/mol. The number of carbonyl (C=O) groups is 1. The molecule has 1 N–H and O–H groups in total. The van der Waals surface area contributed by atoms with Crippen LogP contribution in [0.25, 0.3) is 0 Å². The van der Waals surface area contributed by atoms with Gasteiger partial charge >= 0.3 is 0 Å². The molecule has 1 aliphatic heterocycles. The first-order valence-corrected chi connectivity index (χ1v) is 6.62. The van der Waals surface area contributed by atoms with Crippen LogP contribution < -0.4 is 15.0 Å². The van der Waals surface area contributed by atoms with Crippen molar-refractivity contribution in [3.63, 3.8) is 0 Å². The lowest BCUT2D eigenvalue weighted by molar-refractivity contribution is -0.121. The Morgan fingerprint density at radius 2 is 2.26 bits per heavy atom. The zero-order chi connectivity index (χ0) is 13.7. The molecule has 4 heteroatoms. The zero-order valence-corrected chi connectivity index (χ0v) is 11.3. The van der Waals surface area contributed by atoms with Gasteiger partial charge in [-0.05, 0) is 30.7 Å². The highest BCUT2D eigenvalue weighted by atomic mass is 16.5. The van der Waals surface area contributed by atoms with Gasteiger partial charge in [-0.2, -0.15) is 0 Å². The summed E-state index contributed by atoms with van der Waals surface area (Å²) in [5.41, 5.74) is 1.83. The Morgan fingerprint density at radius 1 is 1.47 bits per heavy atom. The molecule has 1 heterocycles. The van der Waals surface area contributed by atoms with Gasteiger partial charge in [-0.15, -0.1) is 0 Å². The second kappa shape index (κ2) is 6.38. The maximum atomic E-state index is 12.0. The summed E-state index contributed by atoms with van der Waals surface area (Å²) in [6, 6.07) is 7.60. The van der Waals surface area contributed by atoms with Crippen LogP contribution in [-0.4, -0.2) is 32.1 Å². The van der Waals surface area contributed by atoms with Gasteiger partial charge in [0.15, 0.2) is 6.61 Å². The molecule has 102 valence electrons. The number of rotatable bonds is 6. The van der Waals surface area contributed by atoms with Crippen molar-refractivity contribution in [2.45, 2.75) is 13.3 Å². The van der Waals surface area contributed by atoms with Gasteiger partial charge in [-0.1, -0.05) is 25.6 Å². The number of anilines is 1. The minimum absolute atomic E-state index is 0.0182. The predicted octanol–water partition coefficient (Wildman–Crippen LogP) is 1.97. The Kier molecular flexibility index (Phi) is 4.58. The Labute approximate surface area is 114 Å². The van der Waals surface area contributed by atoms with Crippen LogP contribution in [0.2, 0.25) is 0 Å². The molecule has 1 amide bonds. The minimum Gasteiger partial charge on any atom is -0.482 e. The molecule has 0 unspecified atom stereocenters. The second-order valence-electron chi connectivity index (χ2n) is 4.66. The number of fused-ring (bicyclic) bond motifs is 1. The quantitative estimate of drug-likeness (QED) is 0.628. The number of nitrogens with one attached hydrogen (secondary N) is 1. The van der Waals surface area contributed by atoms with Crippen LogP contribution in [0.15, 0.2) is 36.4 Å². The zero-order valence-electron chi connectivity index (χ0n) is 11.3. The molecule has 0 saturated heterocycles. The summed E-state index contributed by atoms with van der Waals surface area (Å²) in [5.74, 6) is 0.742. The van der Waals surface area contributed by atoms with E-state index >= 15 is 0 Å². The SMILES string of the molecule is C=C(CNCCC)CN1C(=O)COc2ccccc21. The molecule has 4 nitrogen and oxygen atoms in total. The van der Waals surface area contributed by atoms with E-state index in [9.17, 15) is 4.79 Å². The number of benzene rings is 1. The van der Waals surface area contributed by atoms with Gasteiger partial charge in [0, 0.05) is 13.1 Å². The molecule has 0 atom stereocenters. The third kappa shape index (κ3) is 3.35. The highest BCUT2D eigenvalue weighted by molar-refractivity contribution is 5.98. The van der Waals surface area contributed by atoms with E-state index in [1.165, 1.54) is 0 Å². The Balaban J connectivity index is 2.03. The lowest BCUT2D eigenvalue weighted by Gasteiger charge is -2.30. The average Bonchev–Trinajstić information content (AvgIpc) is 2.42.